The molecule has 1 aliphatic rings. The smallest absolute Gasteiger partial charge is 0.0409 e. The number of fused-ring (bicyclic) bond motifs is 1. The van der Waals surface area contributed by atoms with Crippen molar-refractivity contribution in [2.75, 3.05) is 0 Å². The number of hydrogen-bond acceptors (Lipinski definition) is 1. The van der Waals surface area contributed by atoms with E-state index < -0.39 is 0 Å². The molecule has 0 aromatic heterocycles. The molecule has 2 aromatic rings. The Bertz CT molecular complexity index is 522. The van der Waals surface area contributed by atoms with Crippen LogP contribution < -0.4 is 5.32 Å². The maximum atomic E-state index is 6.00. The van der Waals surface area contributed by atoms with Crippen molar-refractivity contribution in [1.82, 2.24) is 5.32 Å². The maximum Gasteiger partial charge on any atom is 0.0409 e. The number of hydrogen-bond donors (Lipinski definition) is 1. The first-order valence-electron chi connectivity index (χ1n) is 5.88. The molecule has 17 heavy (non-hydrogen) atoms. The predicted octanol–water partition coefficient (Wildman–Crippen LogP) is 3.73. The molecule has 0 spiro atoms. The fourth-order valence-corrected chi connectivity index (χ4v) is 2.60. The van der Waals surface area contributed by atoms with Crippen LogP contribution in [-0.2, 0) is 13.0 Å². The molecule has 0 saturated heterocycles. The Morgan fingerprint density at radius 2 is 1.82 bits per heavy atom. The van der Waals surface area contributed by atoms with Crippen molar-refractivity contribution in [3.05, 3.63) is 70.2 Å². The van der Waals surface area contributed by atoms with Gasteiger partial charge in [0, 0.05) is 17.6 Å². The van der Waals surface area contributed by atoms with E-state index in [0.29, 0.717) is 6.04 Å². The summed E-state index contributed by atoms with van der Waals surface area (Å²) in [5.74, 6) is 0. The van der Waals surface area contributed by atoms with Crippen LogP contribution in [0.4, 0.5) is 0 Å². The minimum absolute atomic E-state index is 0.421. The molecule has 1 aliphatic heterocycles. The Kier molecular flexibility index (Phi) is 2.87. The highest BCUT2D eigenvalue weighted by molar-refractivity contribution is 6.30. The van der Waals surface area contributed by atoms with Gasteiger partial charge in [0.2, 0.25) is 0 Å². The minimum Gasteiger partial charge on any atom is -0.306 e. The highest BCUT2D eigenvalue weighted by Gasteiger charge is 2.18. The summed E-state index contributed by atoms with van der Waals surface area (Å²) in [5.41, 5.74) is 4.08. The van der Waals surface area contributed by atoms with Crippen LogP contribution in [0.1, 0.15) is 22.7 Å². The van der Waals surface area contributed by atoms with Gasteiger partial charge < -0.3 is 5.32 Å². The SMILES string of the molecule is Clc1ccc2c(c1)CN[C@H](c1ccccc1)C2. The van der Waals surface area contributed by atoms with E-state index in [1.54, 1.807) is 0 Å². The molecule has 2 aromatic carbocycles. The Labute approximate surface area is 106 Å². The summed E-state index contributed by atoms with van der Waals surface area (Å²) in [4.78, 5) is 0. The van der Waals surface area contributed by atoms with Crippen molar-refractivity contribution in [3.8, 4) is 0 Å². The monoisotopic (exact) mass is 243 g/mol. The lowest BCUT2D eigenvalue weighted by atomic mass is 9.92. The summed E-state index contributed by atoms with van der Waals surface area (Å²) in [6, 6.07) is 17.2. The van der Waals surface area contributed by atoms with Crippen LogP contribution in [0, 0.1) is 0 Å². The number of rotatable bonds is 1. The molecule has 3 rings (SSSR count). The first-order valence-corrected chi connectivity index (χ1v) is 6.26. The average Bonchev–Trinajstić information content (AvgIpc) is 2.39. The lowest BCUT2D eigenvalue weighted by Gasteiger charge is -2.26. The zero-order valence-electron chi connectivity index (χ0n) is 9.49. The summed E-state index contributed by atoms with van der Waals surface area (Å²) >= 11 is 6.00. The fourth-order valence-electron chi connectivity index (χ4n) is 2.40. The Morgan fingerprint density at radius 3 is 2.65 bits per heavy atom. The lowest BCUT2D eigenvalue weighted by molar-refractivity contribution is 0.499. The van der Waals surface area contributed by atoms with Gasteiger partial charge in [-0.2, -0.15) is 0 Å². The first kappa shape index (κ1) is 10.8. The molecule has 0 unspecified atom stereocenters. The van der Waals surface area contributed by atoms with Gasteiger partial charge in [-0.1, -0.05) is 48.0 Å². The van der Waals surface area contributed by atoms with Crippen molar-refractivity contribution in [3.63, 3.8) is 0 Å². The van der Waals surface area contributed by atoms with Crippen LogP contribution in [0.3, 0.4) is 0 Å². The normalized spacial score (nSPS) is 18.8. The van der Waals surface area contributed by atoms with Gasteiger partial charge in [0.15, 0.2) is 0 Å². The summed E-state index contributed by atoms with van der Waals surface area (Å²) in [6.07, 6.45) is 1.04. The van der Waals surface area contributed by atoms with E-state index >= 15 is 0 Å². The topological polar surface area (TPSA) is 12.0 Å². The molecule has 0 bridgehead atoms. The van der Waals surface area contributed by atoms with Gasteiger partial charge in [0.1, 0.15) is 0 Å². The maximum absolute atomic E-state index is 6.00. The second-order valence-electron chi connectivity index (χ2n) is 4.46. The Hall–Kier alpha value is -1.31. The molecular formula is C15H14ClN. The van der Waals surface area contributed by atoms with E-state index in [0.717, 1.165) is 18.0 Å². The molecule has 86 valence electrons. The van der Waals surface area contributed by atoms with Crippen LogP contribution in [0.25, 0.3) is 0 Å². The summed E-state index contributed by atoms with van der Waals surface area (Å²) in [5, 5.41) is 4.38. The van der Waals surface area contributed by atoms with E-state index in [2.05, 4.69) is 47.8 Å². The largest absolute Gasteiger partial charge is 0.306 e. The van der Waals surface area contributed by atoms with E-state index in [9.17, 15) is 0 Å². The van der Waals surface area contributed by atoms with Crippen molar-refractivity contribution in [2.24, 2.45) is 0 Å². The molecule has 2 heteroatoms. The second kappa shape index (κ2) is 4.52. The van der Waals surface area contributed by atoms with Gasteiger partial charge in [-0.3, -0.25) is 0 Å². The third kappa shape index (κ3) is 2.21. The van der Waals surface area contributed by atoms with Crippen molar-refractivity contribution in [1.29, 1.82) is 0 Å². The second-order valence-corrected chi connectivity index (χ2v) is 4.90. The van der Waals surface area contributed by atoms with Crippen LogP contribution in [-0.4, -0.2) is 0 Å². The van der Waals surface area contributed by atoms with Crippen LogP contribution in [0.2, 0.25) is 5.02 Å². The molecule has 0 fully saturated rings. The highest BCUT2D eigenvalue weighted by atomic mass is 35.5. The molecule has 0 amide bonds. The average molecular weight is 244 g/mol. The zero-order valence-corrected chi connectivity index (χ0v) is 10.2. The predicted molar refractivity (Wildman–Crippen MR) is 71.2 cm³/mol. The zero-order chi connectivity index (χ0) is 11.7. The van der Waals surface area contributed by atoms with Gasteiger partial charge in [0.25, 0.3) is 0 Å². The molecular weight excluding hydrogens is 230 g/mol. The van der Waals surface area contributed by atoms with Gasteiger partial charge in [0.05, 0.1) is 0 Å². The van der Waals surface area contributed by atoms with E-state index in [-0.39, 0.29) is 0 Å². The fraction of sp³-hybridized carbons (Fsp3) is 0.200. The van der Waals surface area contributed by atoms with E-state index in [1.807, 2.05) is 6.07 Å². The quantitative estimate of drug-likeness (QED) is 0.805. The van der Waals surface area contributed by atoms with E-state index in [4.69, 9.17) is 11.6 Å². The third-order valence-electron chi connectivity index (χ3n) is 3.33. The van der Waals surface area contributed by atoms with Gasteiger partial charge in [-0.25, -0.2) is 0 Å². The van der Waals surface area contributed by atoms with E-state index in [1.165, 1.54) is 16.7 Å². The van der Waals surface area contributed by atoms with Crippen LogP contribution >= 0.6 is 11.6 Å². The van der Waals surface area contributed by atoms with Crippen molar-refractivity contribution >= 4 is 11.6 Å². The van der Waals surface area contributed by atoms with Gasteiger partial charge >= 0.3 is 0 Å². The number of benzene rings is 2. The summed E-state index contributed by atoms with van der Waals surface area (Å²) in [6.45, 7) is 0.898. The molecule has 1 atom stereocenters. The third-order valence-corrected chi connectivity index (χ3v) is 3.57. The van der Waals surface area contributed by atoms with Gasteiger partial charge in [-0.15, -0.1) is 0 Å². The van der Waals surface area contributed by atoms with Crippen LogP contribution in [0.15, 0.2) is 48.5 Å². The summed E-state index contributed by atoms with van der Waals surface area (Å²) < 4.78 is 0. The number of nitrogens with one attached hydrogen (secondary N) is 1. The standard InChI is InChI=1S/C15H14ClN/c16-14-7-6-12-9-15(17-10-13(12)8-14)11-4-2-1-3-5-11/h1-8,15,17H,9-10H2/t15-/m0/s1. The Morgan fingerprint density at radius 1 is 1.00 bits per heavy atom. The lowest BCUT2D eigenvalue weighted by Crippen LogP contribution is -2.28. The van der Waals surface area contributed by atoms with Crippen molar-refractivity contribution < 1.29 is 0 Å². The van der Waals surface area contributed by atoms with Gasteiger partial charge in [-0.05, 0) is 35.2 Å². The molecule has 1 N–H and O–H groups in total. The molecule has 0 saturated carbocycles. The van der Waals surface area contributed by atoms with Crippen LogP contribution in [0.5, 0.6) is 0 Å². The molecule has 0 aliphatic carbocycles. The Balaban J connectivity index is 1.88. The summed E-state index contributed by atoms with van der Waals surface area (Å²) in [7, 11) is 0. The minimum atomic E-state index is 0.421. The highest BCUT2D eigenvalue weighted by Crippen LogP contribution is 2.27. The first-order chi connectivity index (χ1) is 8.33. The van der Waals surface area contributed by atoms with Crippen molar-refractivity contribution in [2.45, 2.75) is 19.0 Å². The molecule has 1 heterocycles. The molecule has 0 radical (unpaired) electrons. The number of halogens is 1. The molecule has 1 nitrogen and oxygen atoms in total.